The Bertz CT molecular complexity index is 798. The van der Waals surface area contributed by atoms with E-state index in [0.29, 0.717) is 6.61 Å². The van der Waals surface area contributed by atoms with Crippen molar-refractivity contribution in [2.75, 3.05) is 25.4 Å². The quantitative estimate of drug-likeness (QED) is 0.635. The molecule has 4 nitrogen and oxygen atoms in total. The first kappa shape index (κ1) is 18.9. The summed E-state index contributed by atoms with van der Waals surface area (Å²) >= 11 is 1.88. The fourth-order valence-corrected chi connectivity index (χ4v) is 4.97. The maximum atomic E-state index is 6.07. The van der Waals surface area contributed by atoms with Gasteiger partial charge >= 0.3 is 0 Å². The lowest BCUT2D eigenvalue weighted by Gasteiger charge is -2.32. The molecule has 0 atom stereocenters. The fourth-order valence-electron chi connectivity index (χ4n) is 3.89. The topological polar surface area (TPSA) is 39.5 Å². The van der Waals surface area contributed by atoms with Crippen LogP contribution in [0.4, 0.5) is 0 Å². The summed E-state index contributed by atoms with van der Waals surface area (Å²) in [4.78, 5) is 11.6. The van der Waals surface area contributed by atoms with Crippen LogP contribution in [0.25, 0.3) is 11.4 Å². The normalized spacial score (nSPS) is 19.2. The Morgan fingerprint density at radius 3 is 2.59 bits per heavy atom. The van der Waals surface area contributed by atoms with Gasteiger partial charge in [0.2, 0.25) is 0 Å². The molecule has 0 bridgehead atoms. The van der Waals surface area contributed by atoms with Crippen molar-refractivity contribution in [1.82, 2.24) is 9.97 Å². The molecule has 0 unspecified atom stereocenters. The minimum atomic E-state index is -0.159. The number of hydrogen-bond donors (Lipinski definition) is 1. The molecule has 2 aliphatic rings. The molecule has 0 amide bonds. The van der Waals surface area contributed by atoms with Gasteiger partial charge in [-0.05, 0) is 20.8 Å². The number of fused-ring (bicyclic) bond motifs is 1. The molecule has 1 saturated heterocycles. The minimum absolute atomic E-state index is 0.159. The van der Waals surface area contributed by atoms with E-state index < -0.39 is 0 Å². The summed E-state index contributed by atoms with van der Waals surface area (Å²) in [6, 6.07) is 8.53. The van der Waals surface area contributed by atoms with Crippen molar-refractivity contribution in [2.45, 2.75) is 57.3 Å². The predicted octanol–water partition coefficient (Wildman–Crippen LogP) is 3.07. The lowest BCUT2D eigenvalue weighted by atomic mass is 9.96. The third kappa shape index (κ3) is 4.53. The van der Waals surface area contributed by atoms with Gasteiger partial charge < -0.3 is 9.64 Å². The van der Waals surface area contributed by atoms with Gasteiger partial charge in [0.05, 0.1) is 37.5 Å². The molecule has 1 aromatic heterocycles. The molecule has 0 aliphatic carbocycles. The average molecular weight is 385 g/mol. The SMILES string of the molecule is Cc1ccc(-c2nc3c(c(SCC[NH+]4CCCC4)n2)COC(C)(C)C3)cc1. The minimum Gasteiger partial charge on any atom is -0.370 e. The molecule has 144 valence electrons. The van der Waals surface area contributed by atoms with Gasteiger partial charge in [-0.1, -0.05) is 29.8 Å². The molecule has 27 heavy (non-hydrogen) atoms. The van der Waals surface area contributed by atoms with E-state index in [9.17, 15) is 0 Å². The van der Waals surface area contributed by atoms with Crippen LogP contribution >= 0.6 is 11.8 Å². The standard InChI is InChI=1S/C22H29N3OS/c1-16-6-8-17(9-7-16)20-23-19-14-22(2,3)26-15-18(19)21(24-20)27-13-12-25-10-4-5-11-25/h6-9H,4-5,10-15H2,1-3H3/p+1. The van der Waals surface area contributed by atoms with E-state index >= 15 is 0 Å². The van der Waals surface area contributed by atoms with Crippen LogP contribution < -0.4 is 4.90 Å². The average Bonchev–Trinajstić information content (AvgIpc) is 3.14. The van der Waals surface area contributed by atoms with Gasteiger partial charge in [-0.3, -0.25) is 0 Å². The number of quaternary nitrogens is 1. The Balaban J connectivity index is 1.61. The van der Waals surface area contributed by atoms with Gasteiger partial charge in [-0.15, -0.1) is 11.8 Å². The van der Waals surface area contributed by atoms with Crippen LogP contribution in [0, 0.1) is 6.92 Å². The number of aromatic nitrogens is 2. The number of ether oxygens (including phenoxy) is 1. The fraction of sp³-hybridized carbons (Fsp3) is 0.545. The van der Waals surface area contributed by atoms with Crippen LogP contribution in [0.1, 0.15) is 43.5 Å². The van der Waals surface area contributed by atoms with Crippen molar-refractivity contribution in [1.29, 1.82) is 0 Å². The molecule has 2 aromatic rings. The molecule has 0 spiro atoms. The van der Waals surface area contributed by atoms with Crippen LogP contribution in [-0.4, -0.2) is 41.0 Å². The highest BCUT2D eigenvalue weighted by Crippen LogP contribution is 2.33. The lowest BCUT2D eigenvalue weighted by Crippen LogP contribution is -3.10. The number of benzene rings is 1. The number of likely N-dealkylation sites (tertiary alicyclic amines) is 1. The summed E-state index contributed by atoms with van der Waals surface area (Å²) in [5, 5.41) is 1.12. The van der Waals surface area contributed by atoms with Crippen LogP contribution in [-0.2, 0) is 17.8 Å². The summed E-state index contributed by atoms with van der Waals surface area (Å²) in [5.74, 6) is 1.96. The Morgan fingerprint density at radius 2 is 1.85 bits per heavy atom. The van der Waals surface area contributed by atoms with Crippen LogP contribution in [0.2, 0.25) is 0 Å². The van der Waals surface area contributed by atoms with E-state index in [0.717, 1.165) is 34.3 Å². The van der Waals surface area contributed by atoms with Gasteiger partial charge in [0.15, 0.2) is 5.82 Å². The largest absolute Gasteiger partial charge is 0.370 e. The van der Waals surface area contributed by atoms with Crippen LogP contribution in [0.3, 0.4) is 0 Å². The Hall–Kier alpha value is -1.43. The molecule has 1 N–H and O–H groups in total. The van der Waals surface area contributed by atoms with E-state index in [1.807, 2.05) is 11.8 Å². The maximum Gasteiger partial charge on any atom is 0.160 e. The highest BCUT2D eigenvalue weighted by molar-refractivity contribution is 7.99. The zero-order valence-electron chi connectivity index (χ0n) is 16.7. The van der Waals surface area contributed by atoms with Crippen molar-refractivity contribution in [3.05, 3.63) is 41.1 Å². The summed E-state index contributed by atoms with van der Waals surface area (Å²) in [7, 11) is 0. The van der Waals surface area contributed by atoms with E-state index in [4.69, 9.17) is 14.7 Å². The molecule has 2 aliphatic heterocycles. The zero-order valence-corrected chi connectivity index (χ0v) is 17.5. The van der Waals surface area contributed by atoms with Gasteiger partial charge in [0.25, 0.3) is 0 Å². The first-order valence-corrected chi connectivity index (χ1v) is 11.1. The highest BCUT2D eigenvalue weighted by atomic mass is 32.2. The maximum absolute atomic E-state index is 6.07. The molecule has 1 fully saturated rings. The lowest BCUT2D eigenvalue weighted by molar-refractivity contribution is -0.884. The second-order valence-electron chi connectivity index (χ2n) is 8.42. The molecule has 0 saturated carbocycles. The van der Waals surface area contributed by atoms with E-state index in [2.05, 4.69) is 45.0 Å². The molecule has 3 heterocycles. The molecule has 4 rings (SSSR count). The van der Waals surface area contributed by atoms with Crippen molar-refractivity contribution >= 4 is 11.8 Å². The summed E-state index contributed by atoms with van der Waals surface area (Å²) in [5.41, 5.74) is 4.56. The smallest absolute Gasteiger partial charge is 0.160 e. The number of thioether (sulfide) groups is 1. The van der Waals surface area contributed by atoms with Crippen LogP contribution in [0.15, 0.2) is 29.3 Å². The third-order valence-corrected chi connectivity index (χ3v) is 6.59. The van der Waals surface area contributed by atoms with Gasteiger partial charge in [-0.2, -0.15) is 0 Å². The predicted molar refractivity (Wildman–Crippen MR) is 110 cm³/mol. The number of aryl methyl sites for hydroxylation is 1. The van der Waals surface area contributed by atoms with E-state index in [1.54, 1.807) is 4.90 Å². The van der Waals surface area contributed by atoms with Crippen molar-refractivity contribution in [3.63, 3.8) is 0 Å². The van der Waals surface area contributed by atoms with Gasteiger partial charge in [0, 0.05) is 36.1 Å². The molecule has 0 radical (unpaired) electrons. The summed E-state index contributed by atoms with van der Waals surface area (Å²) in [6.45, 7) is 10.9. The third-order valence-electron chi connectivity index (χ3n) is 5.57. The Labute approximate surface area is 166 Å². The van der Waals surface area contributed by atoms with E-state index in [-0.39, 0.29) is 5.60 Å². The number of rotatable bonds is 5. The van der Waals surface area contributed by atoms with Crippen molar-refractivity contribution in [2.24, 2.45) is 0 Å². The summed E-state index contributed by atoms with van der Waals surface area (Å²) < 4.78 is 6.07. The second-order valence-corrected chi connectivity index (χ2v) is 9.51. The Kier molecular flexibility index (Phi) is 5.53. The number of nitrogens with one attached hydrogen (secondary N) is 1. The molecular formula is C22H30N3OS+. The van der Waals surface area contributed by atoms with Crippen molar-refractivity contribution < 1.29 is 9.64 Å². The monoisotopic (exact) mass is 384 g/mol. The number of nitrogens with zero attached hydrogens (tertiary/aromatic N) is 2. The molecule has 1 aromatic carbocycles. The molecular weight excluding hydrogens is 354 g/mol. The second kappa shape index (κ2) is 7.90. The highest BCUT2D eigenvalue weighted by Gasteiger charge is 2.30. The van der Waals surface area contributed by atoms with Crippen molar-refractivity contribution in [3.8, 4) is 11.4 Å². The van der Waals surface area contributed by atoms with E-state index in [1.165, 1.54) is 43.6 Å². The van der Waals surface area contributed by atoms with Gasteiger partial charge in [0.1, 0.15) is 5.03 Å². The first-order valence-electron chi connectivity index (χ1n) is 10.1. The zero-order chi connectivity index (χ0) is 18.9. The summed E-state index contributed by atoms with van der Waals surface area (Å²) in [6.07, 6.45) is 3.60. The van der Waals surface area contributed by atoms with Gasteiger partial charge in [-0.25, -0.2) is 9.97 Å². The first-order chi connectivity index (χ1) is 13.0. The molecule has 5 heteroatoms. The van der Waals surface area contributed by atoms with Crippen LogP contribution in [0.5, 0.6) is 0 Å². The Morgan fingerprint density at radius 1 is 1.11 bits per heavy atom. The number of hydrogen-bond acceptors (Lipinski definition) is 4.